The van der Waals surface area contributed by atoms with Gasteiger partial charge in [0.15, 0.2) is 5.75 Å². The van der Waals surface area contributed by atoms with E-state index < -0.39 is 0 Å². The molecule has 0 aromatic heterocycles. The predicted octanol–water partition coefficient (Wildman–Crippen LogP) is 4.50. The van der Waals surface area contributed by atoms with Gasteiger partial charge >= 0.3 is 6.03 Å². The monoisotopic (exact) mass is 552 g/mol. The molecule has 9 nitrogen and oxygen atoms in total. The molecule has 1 heterocycles. The van der Waals surface area contributed by atoms with E-state index in [4.69, 9.17) is 9.47 Å². The third-order valence-electron chi connectivity index (χ3n) is 7.98. The SMILES string of the molecule is COc1ccc(CN(C)C[C@@H]2Oc3c(NC(=O)NC4CCCCC4)cccc3C(=O)N([C@@H](C)CO)C[C@@H]2C)cc1. The number of carbonyl (C=O) groups excluding carboxylic acids is 2. The molecule has 1 saturated carbocycles. The van der Waals surface area contributed by atoms with Crippen molar-refractivity contribution in [2.45, 2.75) is 70.7 Å². The number of amides is 3. The Bertz CT molecular complexity index is 1140. The number of aliphatic hydroxyl groups excluding tert-OH is 1. The largest absolute Gasteiger partial charge is 0.497 e. The second-order valence-corrected chi connectivity index (χ2v) is 11.3. The molecule has 1 fully saturated rings. The van der Waals surface area contributed by atoms with Crippen molar-refractivity contribution in [2.24, 2.45) is 5.92 Å². The molecule has 3 N–H and O–H groups in total. The van der Waals surface area contributed by atoms with Crippen molar-refractivity contribution in [3.05, 3.63) is 53.6 Å². The summed E-state index contributed by atoms with van der Waals surface area (Å²) < 4.78 is 11.9. The summed E-state index contributed by atoms with van der Waals surface area (Å²) in [6.45, 7) is 5.53. The number of rotatable bonds is 9. The fraction of sp³-hybridized carbons (Fsp3) is 0.548. The minimum atomic E-state index is -0.357. The number of para-hydroxylation sites is 1. The van der Waals surface area contributed by atoms with Crippen molar-refractivity contribution in [3.63, 3.8) is 0 Å². The van der Waals surface area contributed by atoms with Gasteiger partial charge in [-0.15, -0.1) is 0 Å². The highest BCUT2D eigenvalue weighted by atomic mass is 16.5. The molecule has 9 heteroatoms. The topological polar surface area (TPSA) is 103 Å². The summed E-state index contributed by atoms with van der Waals surface area (Å²) in [5.41, 5.74) is 1.99. The summed E-state index contributed by atoms with van der Waals surface area (Å²) in [5, 5.41) is 16.0. The Balaban J connectivity index is 1.58. The first kappa shape index (κ1) is 29.7. The van der Waals surface area contributed by atoms with Gasteiger partial charge in [0, 0.05) is 31.6 Å². The van der Waals surface area contributed by atoms with Gasteiger partial charge in [0.1, 0.15) is 11.9 Å². The van der Waals surface area contributed by atoms with Crippen LogP contribution in [0.15, 0.2) is 42.5 Å². The molecular weight excluding hydrogens is 508 g/mol. The number of urea groups is 1. The summed E-state index contributed by atoms with van der Waals surface area (Å²) in [6.07, 6.45) is 5.12. The number of benzene rings is 2. The third kappa shape index (κ3) is 7.46. The molecule has 0 spiro atoms. The Labute approximate surface area is 237 Å². The number of anilines is 1. The smallest absolute Gasteiger partial charge is 0.319 e. The average Bonchev–Trinajstić information content (AvgIpc) is 2.95. The number of aliphatic hydroxyl groups is 1. The highest BCUT2D eigenvalue weighted by Gasteiger charge is 2.34. The van der Waals surface area contributed by atoms with Crippen LogP contribution in [0.4, 0.5) is 10.5 Å². The molecule has 0 unspecified atom stereocenters. The van der Waals surface area contributed by atoms with E-state index in [0.29, 0.717) is 36.6 Å². The van der Waals surface area contributed by atoms with Crippen LogP contribution in [0.3, 0.4) is 0 Å². The summed E-state index contributed by atoms with van der Waals surface area (Å²) in [5.74, 6) is 0.935. The zero-order valence-electron chi connectivity index (χ0n) is 24.2. The van der Waals surface area contributed by atoms with Gasteiger partial charge in [0.25, 0.3) is 5.91 Å². The third-order valence-corrected chi connectivity index (χ3v) is 7.98. The van der Waals surface area contributed by atoms with Crippen molar-refractivity contribution in [1.82, 2.24) is 15.1 Å². The number of likely N-dealkylation sites (N-methyl/N-ethyl adjacent to an activating group) is 1. The number of hydrogen-bond acceptors (Lipinski definition) is 6. The number of ether oxygens (including phenoxy) is 2. The first-order chi connectivity index (χ1) is 19.3. The number of nitrogens with zero attached hydrogens (tertiary/aromatic N) is 2. The summed E-state index contributed by atoms with van der Waals surface area (Å²) in [7, 11) is 3.70. The lowest BCUT2D eigenvalue weighted by molar-refractivity contribution is 0.0343. The standard InChI is InChI=1S/C31H44N4O5/c1-21-17-35(22(2)20-36)30(37)26-11-8-12-27(33-31(38)32-24-9-6-5-7-10-24)29(26)40-28(21)19-34(3)18-23-13-15-25(39-4)16-14-23/h8,11-16,21-22,24,28,36H,5-7,9-10,17-20H2,1-4H3,(H2,32,33,38)/t21-,22-,28-/m0/s1. The lowest BCUT2D eigenvalue weighted by atomic mass is 9.96. The van der Waals surface area contributed by atoms with E-state index in [2.05, 4.69) is 22.5 Å². The Morgan fingerprint density at radius 3 is 2.58 bits per heavy atom. The Morgan fingerprint density at radius 1 is 1.18 bits per heavy atom. The molecule has 0 radical (unpaired) electrons. The van der Waals surface area contributed by atoms with Crippen molar-refractivity contribution < 1.29 is 24.2 Å². The second kappa shape index (κ2) is 13.9. The Kier molecular flexibility index (Phi) is 10.3. The minimum Gasteiger partial charge on any atom is -0.497 e. The molecule has 0 bridgehead atoms. The number of hydrogen-bond donors (Lipinski definition) is 3. The lowest BCUT2D eigenvalue weighted by Gasteiger charge is -2.38. The fourth-order valence-corrected chi connectivity index (χ4v) is 5.56. The van der Waals surface area contributed by atoms with E-state index >= 15 is 0 Å². The first-order valence-electron chi connectivity index (χ1n) is 14.4. The number of methoxy groups -OCH3 is 1. The second-order valence-electron chi connectivity index (χ2n) is 11.3. The summed E-state index contributed by atoms with van der Waals surface area (Å²) in [6, 6.07) is 12.8. The molecule has 218 valence electrons. The zero-order valence-corrected chi connectivity index (χ0v) is 24.2. The van der Waals surface area contributed by atoms with E-state index in [1.165, 1.54) is 6.42 Å². The summed E-state index contributed by atoms with van der Waals surface area (Å²) in [4.78, 5) is 30.6. The van der Waals surface area contributed by atoms with Crippen LogP contribution in [0.5, 0.6) is 11.5 Å². The molecule has 0 saturated heterocycles. The first-order valence-corrected chi connectivity index (χ1v) is 14.4. The molecule has 2 aliphatic rings. The summed E-state index contributed by atoms with van der Waals surface area (Å²) >= 11 is 0. The molecule has 1 aliphatic carbocycles. The van der Waals surface area contributed by atoms with Crippen LogP contribution in [-0.4, -0.2) is 78.9 Å². The molecule has 2 aromatic carbocycles. The van der Waals surface area contributed by atoms with Crippen molar-refractivity contribution >= 4 is 17.6 Å². The molecular formula is C31H44N4O5. The van der Waals surface area contributed by atoms with Crippen LogP contribution in [-0.2, 0) is 6.54 Å². The van der Waals surface area contributed by atoms with Gasteiger partial charge in [-0.25, -0.2) is 4.79 Å². The number of fused-ring (bicyclic) bond motifs is 1. The van der Waals surface area contributed by atoms with E-state index in [9.17, 15) is 14.7 Å². The van der Waals surface area contributed by atoms with Gasteiger partial charge in [-0.1, -0.05) is 44.4 Å². The van der Waals surface area contributed by atoms with Crippen LogP contribution in [0.1, 0.15) is 61.9 Å². The Morgan fingerprint density at radius 2 is 1.90 bits per heavy atom. The van der Waals surface area contributed by atoms with E-state index in [1.807, 2.05) is 38.2 Å². The normalized spacial score (nSPS) is 20.6. The maximum absolute atomic E-state index is 13.7. The molecule has 4 rings (SSSR count). The van der Waals surface area contributed by atoms with Crippen molar-refractivity contribution in [2.75, 3.05) is 39.2 Å². The molecule has 2 aromatic rings. The number of carbonyl (C=O) groups is 2. The molecule has 3 amide bonds. The highest BCUT2D eigenvalue weighted by Crippen LogP contribution is 2.35. The Hall–Kier alpha value is -3.30. The number of nitrogens with one attached hydrogen (secondary N) is 2. The quantitative estimate of drug-likeness (QED) is 0.423. The van der Waals surface area contributed by atoms with Gasteiger partial charge < -0.3 is 30.1 Å². The van der Waals surface area contributed by atoms with Crippen LogP contribution in [0, 0.1) is 5.92 Å². The maximum atomic E-state index is 13.7. The van der Waals surface area contributed by atoms with Gasteiger partial charge in [-0.05, 0) is 56.6 Å². The van der Waals surface area contributed by atoms with Crippen LogP contribution < -0.4 is 20.1 Å². The fourth-order valence-electron chi connectivity index (χ4n) is 5.56. The maximum Gasteiger partial charge on any atom is 0.319 e. The van der Waals surface area contributed by atoms with Gasteiger partial charge in [-0.3, -0.25) is 9.69 Å². The molecule has 1 aliphatic heterocycles. The van der Waals surface area contributed by atoms with E-state index in [0.717, 1.165) is 37.0 Å². The van der Waals surface area contributed by atoms with Crippen LogP contribution in [0.2, 0.25) is 0 Å². The van der Waals surface area contributed by atoms with Gasteiger partial charge in [0.05, 0.1) is 31.0 Å². The van der Waals surface area contributed by atoms with Crippen molar-refractivity contribution in [3.8, 4) is 11.5 Å². The van der Waals surface area contributed by atoms with Crippen LogP contribution >= 0.6 is 0 Å². The lowest BCUT2D eigenvalue weighted by Crippen LogP contribution is -2.50. The van der Waals surface area contributed by atoms with E-state index in [-0.39, 0.29) is 42.7 Å². The predicted molar refractivity (Wildman–Crippen MR) is 156 cm³/mol. The van der Waals surface area contributed by atoms with Crippen LogP contribution in [0.25, 0.3) is 0 Å². The van der Waals surface area contributed by atoms with E-state index in [1.54, 1.807) is 30.2 Å². The highest BCUT2D eigenvalue weighted by molar-refractivity contribution is 6.01. The molecule has 40 heavy (non-hydrogen) atoms. The van der Waals surface area contributed by atoms with Gasteiger partial charge in [0.2, 0.25) is 0 Å². The minimum absolute atomic E-state index is 0.0338. The zero-order chi connectivity index (χ0) is 28.6. The van der Waals surface area contributed by atoms with Gasteiger partial charge in [-0.2, -0.15) is 0 Å². The molecule has 3 atom stereocenters. The van der Waals surface area contributed by atoms with Crippen molar-refractivity contribution in [1.29, 1.82) is 0 Å². The average molecular weight is 553 g/mol.